The van der Waals surface area contributed by atoms with Crippen LogP contribution in [0.4, 0.5) is 0 Å². The number of aromatic nitrogens is 1. The number of rotatable bonds is 1. The molecular weight excluding hydrogens is 220 g/mol. The van der Waals surface area contributed by atoms with E-state index in [4.69, 9.17) is 5.26 Å². The van der Waals surface area contributed by atoms with Gasteiger partial charge in [-0.05, 0) is 43.3 Å². The molecule has 0 amide bonds. The van der Waals surface area contributed by atoms with Crippen molar-refractivity contribution in [2.75, 3.05) is 0 Å². The third-order valence-electron chi connectivity index (χ3n) is 3.10. The van der Waals surface area contributed by atoms with E-state index in [-0.39, 0.29) is 5.41 Å². The van der Waals surface area contributed by atoms with Crippen LogP contribution in [0.5, 0.6) is 0 Å². The van der Waals surface area contributed by atoms with E-state index in [9.17, 15) is 0 Å². The first-order valence-corrected chi connectivity index (χ1v) is 6.13. The normalized spacial score (nSPS) is 11.3. The summed E-state index contributed by atoms with van der Waals surface area (Å²) in [4.78, 5) is 0. The van der Waals surface area contributed by atoms with E-state index in [0.29, 0.717) is 5.56 Å². The highest BCUT2D eigenvalue weighted by atomic mass is 15.0. The second kappa shape index (κ2) is 4.34. The molecule has 18 heavy (non-hydrogen) atoms. The molecule has 0 unspecified atom stereocenters. The van der Waals surface area contributed by atoms with Crippen LogP contribution >= 0.6 is 0 Å². The fourth-order valence-corrected chi connectivity index (χ4v) is 2.15. The third kappa shape index (κ3) is 2.17. The Morgan fingerprint density at radius 3 is 2.11 bits per heavy atom. The van der Waals surface area contributed by atoms with E-state index >= 15 is 0 Å². The van der Waals surface area contributed by atoms with Gasteiger partial charge in [0.15, 0.2) is 0 Å². The lowest BCUT2D eigenvalue weighted by molar-refractivity contribution is 0.554. The molecule has 1 aromatic carbocycles. The maximum Gasteiger partial charge on any atom is 0.0991 e. The summed E-state index contributed by atoms with van der Waals surface area (Å²) in [7, 11) is 0. The predicted molar refractivity (Wildman–Crippen MR) is 73.9 cm³/mol. The molecule has 92 valence electrons. The van der Waals surface area contributed by atoms with Gasteiger partial charge in [0, 0.05) is 22.5 Å². The first kappa shape index (κ1) is 12.4. The first-order chi connectivity index (χ1) is 8.43. The lowest BCUT2D eigenvalue weighted by Gasteiger charge is -2.22. The van der Waals surface area contributed by atoms with Crippen LogP contribution in [0.2, 0.25) is 0 Å². The summed E-state index contributed by atoms with van der Waals surface area (Å²) in [6.07, 6.45) is 0. The molecule has 0 saturated heterocycles. The van der Waals surface area contributed by atoms with Gasteiger partial charge >= 0.3 is 0 Å². The average molecular weight is 238 g/mol. The SMILES string of the molecule is Cc1ccc(C(C)(C)C)n1-c1ccc(C#N)cc1. The van der Waals surface area contributed by atoms with Crippen molar-refractivity contribution >= 4 is 0 Å². The molecule has 1 aromatic heterocycles. The Labute approximate surface area is 108 Å². The van der Waals surface area contributed by atoms with Crippen LogP contribution in [0, 0.1) is 18.3 Å². The predicted octanol–water partition coefficient (Wildman–Crippen LogP) is 3.95. The Bertz CT molecular complexity index is 590. The van der Waals surface area contributed by atoms with Crippen LogP contribution in [-0.2, 0) is 5.41 Å². The van der Waals surface area contributed by atoms with Crippen LogP contribution in [0.1, 0.15) is 37.7 Å². The fourth-order valence-electron chi connectivity index (χ4n) is 2.15. The zero-order chi connectivity index (χ0) is 13.3. The lowest BCUT2D eigenvalue weighted by Crippen LogP contribution is -2.17. The summed E-state index contributed by atoms with van der Waals surface area (Å²) in [6, 6.07) is 14.2. The molecule has 0 N–H and O–H groups in total. The minimum absolute atomic E-state index is 0.0994. The largest absolute Gasteiger partial charge is 0.318 e. The molecule has 1 heterocycles. The Morgan fingerprint density at radius 1 is 1.00 bits per heavy atom. The van der Waals surface area contributed by atoms with Crippen molar-refractivity contribution < 1.29 is 0 Å². The van der Waals surface area contributed by atoms with Crippen molar-refractivity contribution in [1.29, 1.82) is 5.26 Å². The summed E-state index contributed by atoms with van der Waals surface area (Å²) in [6.45, 7) is 8.74. The molecule has 0 aliphatic rings. The van der Waals surface area contributed by atoms with Gasteiger partial charge in [0.05, 0.1) is 11.6 Å². The maximum absolute atomic E-state index is 8.84. The molecule has 0 aliphatic heterocycles. The Morgan fingerprint density at radius 2 is 1.61 bits per heavy atom. The van der Waals surface area contributed by atoms with Gasteiger partial charge in [-0.3, -0.25) is 0 Å². The van der Waals surface area contributed by atoms with Crippen molar-refractivity contribution in [3.63, 3.8) is 0 Å². The van der Waals surface area contributed by atoms with Crippen molar-refractivity contribution in [3.8, 4) is 11.8 Å². The molecule has 0 saturated carbocycles. The van der Waals surface area contributed by atoms with E-state index in [2.05, 4.69) is 50.5 Å². The minimum atomic E-state index is 0.0994. The van der Waals surface area contributed by atoms with Crippen LogP contribution < -0.4 is 0 Å². The molecule has 2 aromatic rings. The fraction of sp³-hybridized carbons (Fsp3) is 0.312. The Kier molecular flexibility index (Phi) is 3.00. The molecule has 2 nitrogen and oxygen atoms in total. The van der Waals surface area contributed by atoms with E-state index in [1.165, 1.54) is 11.4 Å². The van der Waals surface area contributed by atoms with E-state index < -0.39 is 0 Å². The van der Waals surface area contributed by atoms with Crippen LogP contribution in [0.25, 0.3) is 5.69 Å². The molecule has 0 aliphatic carbocycles. The van der Waals surface area contributed by atoms with Gasteiger partial charge in [-0.2, -0.15) is 5.26 Å². The van der Waals surface area contributed by atoms with Gasteiger partial charge in [-0.1, -0.05) is 20.8 Å². The molecule has 0 atom stereocenters. The number of nitrogens with zero attached hydrogens (tertiary/aromatic N) is 2. The summed E-state index contributed by atoms with van der Waals surface area (Å²) in [5, 5.41) is 8.84. The van der Waals surface area contributed by atoms with Gasteiger partial charge in [0.2, 0.25) is 0 Å². The summed E-state index contributed by atoms with van der Waals surface area (Å²) in [5.74, 6) is 0. The number of benzene rings is 1. The molecule has 2 heteroatoms. The van der Waals surface area contributed by atoms with Crippen molar-refractivity contribution in [2.45, 2.75) is 33.1 Å². The van der Waals surface area contributed by atoms with Gasteiger partial charge in [0.1, 0.15) is 0 Å². The molecular formula is C16H18N2. The smallest absolute Gasteiger partial charge is 0.0991 e. The molecule has 0 bridgehead atoms. The zero-order valence-electron chi connectivity index (χ0n) is 11.4. The molecule has 0 fully saturated rings. The summed E-state index contributed by atoms with van der Waals surface area (Å²) in [5.41, 5.74) is 4.40. The number of hydrogen-bond donors (Lipinski definition) is 0. The monoisotopic (exact) mass is 238 g/mol. The molecule has 2 rings (SSSR count). The number of hydrogen-bond acceptors (Lipinski definition) is 1. The highest BCUT2D eigenvalue weighted by Crippen LogP contribution is 2.27. The van der Waals surface area contributed by atoms with Gasteiger partial charge in [0.25, 0.3) is 0 Å². The van der Waals surface area contributed by atoms with Crippen molar-refractivity contribution in [3.05, 3.63) is 53.3 Å². The third-order valence-corrected chi connectivity index (χ3v) is 3.10. The maximum atomic E-state index is 8.84. The molecule has 0 radical (unpaired) electrons. The van der Waals surface area contributed by atoms with E-state index in [0.717, 1.165) is 5.69 Å². The van der Waals surface area contributed by atoms with Crippen molar-refractivity contribution in [2.24, 2.45) is 0 Å². The van der Waals surface area contributed by atoms with Crippen LogP contribution in [-0.4, -0.2) is 4.57 Å². The zero-order valence-corrected chi connectivity index (χ0v) is 11.4. The quantitative estimate of drug-likeness (QED) is 0.739. The Balaban J connectivity index is 2.57. The van der Waals surface area contributed by atoms with E-state index in [1.807, 2.05) is 24.3 Å². The minimum Gasteiger partial charge on any atom is -0.318 e. The number of aryl methyl sites for hydroxylation is 1. The standard InChI is InChI=1S/C16H18N2/c1-12-5-10-15(16(2,3)4)18(12)14-8-6-13(11-17)7-9-14/h5-10H,1-4H3. The van der Waals surface area contributed by atoms with Crippen LogP contribution in [0.3, 0.4) is 0 Å². The highest BCUT2D eigenvalue weighted by Gasteiger charge is 2.19. The highest BCUT2D eigenvalue weighted by molar-refractivity contribution is 5.43. The summed E-state index contributed by atoms with van der Waals surface area (Å²) < 4.78 is 2.25. The van der Waals surface area contributed by atoms with E-state index in [1.54, 1.807) is 0 Å². The van der Waals surface area contributed by atoms with Crippen molar-refractivity contribution in [1.82, 2.24) is 4.57 Å². The second-order valence-electron chi connectivity index (χ2n) is 5.60. The average Bonchev–Trinajstić information content (AvgIpc) is 2.71. The van der Waals surface area contributed by atoms with Gasteiger partial charge in [-0.15, -0.1) is 0 Å². The summed E-state index contributed by atoms with van der Waals surface area (Å²) >= 11 is 0. The lowest BCUT2D eigenvalue weighted by atomic mass is 9.92. The number of nitriles is 1. The topological polar surface area (TPSA) is 28.7 Å². The van der Waals surface area contributed by atoms with Gasteiger partial charge < -0.3 is 4.57 Å². The molecule has 0 spiro atoms. The Hall–Kier alpha value is -2.01. The van der Waals surface area contributed by atoms with Crippen LogP contribution in [0.15, 0.2) is 36.4 Å². The first-order valence-electron chi connectivity index (χ1n) is 6.13. The second-order valence-corrected chi connectivity index (χ2v) is 5.60. The van der Waals surface area contributed by atoms with Gasteiger partial charge in [-0.25, -0.2) is 0 Å².